The highest BCUT2D eigenvalue weighted by molar-refractivity contribution is 7.90. The molecule has 0 saturated heterocycles. The van der Waals surface area contributed by atoms with Gasteiger partial charge >= 0.3 is 5.97 Å². The van der Waals surface area contributed by atoms with E-state index in [-0.39, 0.29) is 10.5 Å². The Hall–Kier alpha value is -1.69. The van der Waals surface area contributed by atoms with E-state index in [9.17, 15) is 18.0 Å². The number of ether oxygens (including phenoxy) is 1. The summed E-state index contributed by atoms with van der Waals surface area (Å²) in [7, 11) is -2.08. The predicted octanol–water partition coefficient (Wildman–Crippen LogP) is 1.08. The van der Waals surface area contributed by atoms with Crippen molar-refractivity contribution < 1.29 is 22.7 Å². The van der Waals surface area contributed by atoms with Gasteiger partial charge in [0.25, 0.3) is 0 Å². The van der Waals surface area contributed by atoms with Gasteiger partial charge in [-0.15, -0.1) is 0 Å². The minimum Gasteiger partial charge on any atom is -0.468 e. The summed E-state index contributed by atoms with van der Waals surface area (Å²) < 4.78 is 27.0. The number of hydrogen-bond acceptors (Lipinski definition) is 5. The number of carbonyl (C=O) groups excluding carboxylic acids is 2. The number of hydrogen-bond donors (Lipinski definition) is 0. The quantitative estimate of drug-likeness (QED) is 0.465. The average Bonchev–Trinajstić information content (AvgIpc) is 2.35. The van der Waals surface area contributed by atoms with Crippen LogP contribution >= 0.6 is 0 Å². The zero-order valence-corrected chi connectivity index (χ0v) is 11.2. The van der Waals surface area contributed by atoms with Crippen LogP contribution in [-0.2, 0) is 19.4 Å². The third-order valence-corrected chi connectivity index (χ3v) is 3.64. The van der Waals surface area contributed by atoms with Crippen LogP contribution < -0.4 is 0 Å². The minimum absolute atomic E-state index is 0.129. The van der Waals surface area contributed by atoms with Crippen LogP contribution in [0.2, 0.25) is 0 Å². The van der Waals surface area contributed by atoms with Crippen molar-refractivity contribution in [1.29, 1.82) is 0 Å². The molecule has 0 aliphatic heterocycles. The van der Waals surface area contributed by atoms with Crippen LogP contribution in [0.4, 0.5) is 0 Å². The van der Waals surface area contributed by atoms with E-state index < -0.39 is 27.5 Å². The highest BCUT2D eigenvalue weighted by atomic mass is 32.2. The van der Waals surface area contributed by atoms with E-state index in [1.165, 1.54) is 38.3 Å². The molecule has 1 rings (SSSR count). The minimum atomic E-state index is -3.29. The average molecular weight is 270 g/mol. The smallest absolute Gasteiger partial charge is 0.316 e. The molecule has 0 amide bonds. The molecule has 0 fully saturated rings. The zero-order valence-electron chi connectivity index (χ0n) is 10.3. The summed E-state index contributed by atoms with van der Waals surface area (Å²) in [6, 6.07) is 5.45. The molecule has 6 heteroatoms. The van der Waals surface area contributed by atoms with Crippen LogP contribution in [0.3, 0.4) is 0 Å². The van der Waals surface area contributed by atoms with Gasteiger partial charge in [0.05, 0.1) is 12.0 Å². The van der Waals surface area contributed by atoms with Crippen molar-refractivity contribution in [2.24, 2.45) is 5.92 Å². The van der Waals surface area contributed by atoms with E-state index in [0.717, 1.165) is 6.26 Å². The van der Waals surface area contributed by atoms with E-state index in [4.69, 9.17) is 0 Å². The van der Waals surface area contributed by atoms with Crippen molar-refractivity contribution in [3.63, 3.8) is 0 Å². The van der Waals surface area contributed by atoms with Crippen LogP contribution in [-0.4, -0.2) is 33.5 Å². The molecule has 1 aromatic rings. The fourth-order valence-electron chi connectivity index (χ4n) is 1.40. The van der Waals surface area contributed by atoms with Gasteiger partial charge in [-0.1, -0.05) is 12.1 Å². The Kier molecular flexibility index (Phi) is 4.24. The Morgan fingerprint density at radius 2 is 1.67 bits per heavy atom. The maximum atomic E-state index is 11.9. The van der Waals surface area contributed by atoms with E-state index in [1.54, 1.807) is 0 Å². The standard InChI is InChI=1S/C12H14O5S/c1-8(12(14)17-2)11(13)9-4-6-10(7-5-9)18(3,15)16/h4-8H,1-3H3. The fourth-order valence-corrected chi connectivity index (χ4v) is 2.03. The summed E-state index contributed by atoms with van der Waals surface area (Å²) in [5.41, 5.74) is 0.278. The van der Waals surface area contributed by atoms with E-state index in [0.29, 0.717) is 0 Å². The number of sulfone groups is 1. The molecular weight excluding hydrogens is 256 g/mol. The predicted molar refractivity (Wildman–Crippen MR) is 65.1 cm³/mol. The van der Waals surface area contributed by atoms with Crippen molar-refractivity contribution in [1.82, 2.24) is 0 Å². The fraction of sp³-hybridized carbons (Fsp3) is 0.333. The van der Waals surface area contributed by atoms with Crippen molar-refractivity contribution in [3.05, 3.63) is 29.8 Å². The molecule has 98 valence electrons. The maximum Gasteiger partial charge on any atom is 0.316 e. The van der Waals surface area contributed by atoms with Crippen molar-refractivity contribution in [2.45, 2.75) is 11.8 Å². The van der Waals surface area contributed by atoms with E-state index in [1.807, 2.05) is 0 Å². The second-order valence-electron chi connectivity index (χ2n) is 3.91. The molecule has 1 aromatic carbocycles. The van der Waals surface area contributed by atoms with Gasteiger partial charge < -0.3 is 4.74 Å². The summed E-state index contributed by atoms with van der Waals surface area (Å²) >= 11 is 0. The van der Waals surface area contributed by atoms with Gasteiger partial charge in [-0.3, -0.25) is 9.59 Å². The van der Waals surface area contributed by atoms with Crippen LogP contribution in [0.1, 0.15) is 17.3 Å². The molecule has 5 nitrogen and oxygen atoms in total. The number of carbonyl (C=O) groups is 2. The van der Waals surface area contributed by atoms with Crippen molar-refractivity contribution >= 4 is 21.6 Å². The number of rotatable bonds is 4. The van der Waals surface area contributed by atoms with Gasteiger partial charge in [-0.2, -0.15) is 0 Å². The van der Waals surface area contributed by atoms with Crippen LogP contribution in [0.25, 0.3) is 0 Å². The Morgan fingerprint density at radius 1 is 1.17 bits per heavy atom. The molecule has 0 aliphatic carbocycles. The summed E-state index contributed by atoms with van der Waals surface area (Å²) in [4.78, 5) is 23.2. The van der Waals surface area contributed by atoms with Gasteiger partial charge in [0.1, 0.15) is 5.92 Å². The summed E-state index contributed by atoms with van der Waals surface area (Å²) in [6.07, 6.45) is 1.08. The van der Waals surface area contributed by atoms with Crippen LogP contribution in [0, 0.1) is 5.92 Å². The molecule has 1 atom stereocenters. The van der Waals surface area contributed by atoms with Crippen LogP contribution in [0.5, 0.6) is 0 Å². The van der Waals surface area contributed by atoms with Gasteiger partial charge in [0.2, 0.25) is 0 Å². The Balaban J connectivity index is 2.99. The number of methoxy groups -OCH3 is 1. The third kappa shape index (κ3) is 3.16. The molecular formula is C12H14O5S. The monoisotopic (exact) mass is 270 g/mol. The van der Waals surface area contributed by atoms with Crippen molar-refractivity contribution in [3.8, 4) is 0 Å². The molecule has 18 heavy (non-hydrogen) atoms. The van der Waals surface area contributed by atoms with Gasteiger partial charge in [-0.25, -0.2) is 8.42 Å². The van der Waals surface area contributed by atoms with Gasteiger partial charge in [0.15, 0.2) is 15.6 Å². The number of ketones is 1. The Labute approximate surface area is 106 Å². The highest BCUT2D eigenvalue weighted by Crippen LogP contribution is 2.14. The van der Waals surface area contributed by atoms with E-state index in [2.05, 4.69) is 4.74 Å². The lowest BCUT2D eigenvalue weighted by molar-refractivity contribution is -0.143. The lowest BCUT2D eigenvalue weighted by Crippen LogP contribution is -2.22. The molecule has 0 bridgehead atoms. The number of benzene rings is 1. The molecule has 1 unspecified atom stereocenters. The van der Waals surface area contributed by atoms with Gasteiger partial charge in [0, 0.05) is 11.8 Å². The molecule has 0 heterocycles. The Morgan fingerprint density at radius 3 is 2.06 bits per heavy atom. The first-order valence-electron chi connectivity index (χ1n) is 5.19. The topological polar surface area (TPSA) is 77.5 Å². The Bertz CT molecular complexity index is 557. The number of Topliss-reactive ketones (excluding diaryl/α,β-unsaturated/α-hetero) is 1. The largest absolute Gasteiger partial charge is 0.468 e. The lowest BCUT2D eigenvalue weighted by atomic mass is 10.00. The molecule has 0 spiro atoms. The highest BCUT2D eigenvalue weighted by Gasteiger charge is 2.23. The molecule has 0 aromatic heterocycles. The third-order valence-electron chi connectivity index (χ3n) is 2.52. The first-order valence-corrected chi connectivity index (χ1v) is 7.08. The van der Waals surface area contributed by atoms with Gasteiger partial charge in [-0.05, 0) is 19.1 Å². The molecule has 0 radical (unpaired) electrons. The molecule has 0 N–H and O–H groups in total. The lowest BCUT2D eigenvalue weighted by Gasteiger charge is -2.08. The second kappa shape index (κ2) is 5.30. The summed E-state index contributed by atoms with van der Waals surface area (Å²) in [5, 5.41) is 0. The zero-order chi connectivity index (χ0) is 13.9. The van der Waals surface area contributed by atoms with Crippen molar-refractivity contribution in [2.75, 3.05) is 13.4 Å². The second-order valence-corrected chi connectivity index (χ2v) is 5.92. The normalized spacial score (nSPS) is 12.8. The molecule has 0 saturated carbocycles. The first-order chi connectivity index (χ1) is 8.27. The molecule has 0 aliphatic rings. The van der Waals surface area contributed by atoms with E-state index >= 15 is 0 Å². The van der Waals surface area contributed by atoms with Crippen LogP contribution in [0.15, 0.2) is 29.2 Å². The summed E-state index contributed by atoms with van der Waals surface area (Å²) in [6.45, 7) is 1.44. The SMILES string of the molecule is COC(=O)C(C)C(=O)c1ccc(S(C)(=O)=O)cc1. The summed E-state index contributed by atoms with van der Waals surface area (Å²) in [5.74, 6) is -1.92. The first kappa shape index (κ1) is 14.4. The number of esters is 1. The maximum absolute atomic E-state index is 11.9.